The van der Waals surface area contributed by atoms with Crippen molar-refractivity contribution in [3.8, 4) is 0 Å². The van der Waals surface area contributed by atoms with Crippen molar-refractivity contribution in [2.75, 3.05) is 13.1 Å². The van der Waals surface area contributed by atoms with Gasteiger partial charge in [-0.25, -0.2) is 0 Å². The van der Waals surface area contributed by atoms with Gasteiger partial charge < -0.3 is 5.32 Å². The summed E-state index contributed by atoms with van der Waals surface area (Å²) in [5.41, 5.74) is 0. The molecule has 0 aromatic rings. The van der Waals surface area contributed by atoms with Crippen LogP contribution in [0.5, 0.6) is 0 Å². The molecule has 1 unspecified atom stereocenters. The quantitative estimate of drug-likeness (QED) is 0.525. The van der Waals surface area contributed by atoms with Crippen molar-refractivity contribution in [2.45, 2.75) is 13.3 Å². The van der Waals surface area contributed by atoms with E-state index in [2.05, 4.69) is 10.6 Å². The average Bonchev–Trinajstić information content (AvgIpc) is 2.35. The Bertz CT molecular complexity index is 173. The van der Waals surface area contributed by atoms with Crippen molar-refractivity contribution >= 4 is 11.8 Å². The first-order valence-corrected chi connectivity index (χ1v) is 3.72. The molecule has 0 saturated carbocycles. The molecule has 0 spiro atoms. The molecule has 4 nitrogen and oxygen atoms in total. The molecule has 1 rings (SSSR count). The van der Waals surface area contributed by atoms with Gasteiger partial charge in [0.15, 0.2) is 0 Å². The van der Waals surface area contributed by atoms with Crippen LogP contribution in [0, 0.1) is 5.92 Å². The molecule has 2 amide bonds. The van der Waals surface area contributed by atoms with Gasteiger partial charge in [-0.1, -0.05) is 0 Å². The Hall–Kier alpha value is -0.900. The van der Waals surface area contributed by atoms with E-state index in [4.69, 9.17) is 0 Å². The van der Waals surface area contributed by atoms with Crippen LogP contribution in [0.3, 0.4) is 0 Å². The third-order valence-electron chi connectivity index (χ3n) is 1.73. The third kappa shape index (κ3) is 2.31. The molecule has 0 radical (unpaired) electrons. The van der Waals surface area contributed by atoms with E-state index in [0.29, 0.717) is 6.54 Å². The van der Waals surface area contributed by atoms with Crippen LogP contribution in [0.2, 0.25) is 0 Å². The fraction of sp³-hybridized carbons (Fsp3) is 0.714. The summed E-state index contributed by atoms with van der Waals surface area (Å²) in [6.07, 6.45) is 0.832. The fourth-order valence-corrected chi connectivity index (χ4v) is 1.15. The highest BCUT2D eigenvalue weighted by Crippen LogP contribution is 2.06. The molecule has 62 valence electrons. The maximum atomic E-state index is 11.1. The van der Waals surface area contributed by atoms with Gasteiger partial charge in [-0.2, -0.15) is 0 Å². The summed E-state index contributed by atoms with van der Waals surface area (Å²) in [7, 11) is 0. The molecule has 1 atom stereocenters. The number of nitrogens with one attached hydrogen (secondary N) is 2. The van der Waals surface area contributed by atoms with E-state index in [1.165, 1.54) is 6.92 Å². The summed E-state index contributed by atoms with van der Waals surface area (Å²) in [5.74, 6) is -0.441. The van der Waals surface area contributed by atoms with Crippen molar-refractivity contribution in [2.24, 2.45) is 5.92 Å². The predicted molar refractivity (Wildman–Crippen MR) is 39.8 cm³/mol. The van der Waals surface area contributed by atoms with Gasteiger partial charge in [-0.05, 0) is 13.0 Å². The van der Waals surface area contributed by atoms with Crippen LogP contribution in [-0.2, 0) is 9.59 Å². The molecular formula is C7H12N2O2. The van der Waals surface area contributed by atoms with E-state index in [1.807, 2.05) is 0 Å². The number of carbonyl (C=O) groups excluding carboxylic acids is 2. The van der Waals surface area contributed by atoms with Crippen LogP contribution >= 0.6 is 0 Å². The topological polar surface area (TPSA) is 58.2 Å². The van der Waals surface area contributed by atoms with Gasteiger partial charge in [-0.3, -0.25) is 14.9 Å². The number of hydrogen-bond donors (Lipinski definition) is 2. The van der Waals surface area contributed by atoms with Gasteiger partial charge in [0.25, 0.3) is 0 Å². The number of hydrogen-bond acceptors (Lipinski definition) is 3. The number of amides is 2. The van der Waals surface area contributed by atoms with E-state index in [0.717, 1.165) is 13.0 Å². The highest BCUT2D eigenvalue weighted by atomic mass is 16.2. The van der Waals surface area contributed by atoms with Crippen LogP contribution in [0.1, 0.15) is 13.3 Å². The Kier molecular flexibility index (Phi) is 2.59. The van der Waals surface area contributed by atoms with Crippen LogP contribution in [-0.4, -0.2) is 24.9 Å². The van der Waals surface area contributed by atoms with Crippen molar-refractivity contribution in [3.05, 3.63) is 0 Å². The van der Waals surface area contributed by atoms with Gasteiger partial charge in [-0.15, -0.1) is 0 Å². The molecule has 0 aliphatic carbocycles. The molecule has 0 bridgehead atoms. The van der Waals surface area contributed by atoms with E-state index in [9.17, 15) is 9.59 Å². The number of imide groups is 1. The van der Waals surface area contributed by atoms with Crippen LogP contribution in [0.15, 0.2) is 0 Å². The summed E-state index contributed by atoms with van der Waals surface area (Å²) in [5, 5.41) is 5.32. The molecule has 11 heavy (non-hydrogen) atoms. The second-order valence-corrected chi connectivity index (χ2v) is 2.74. The van der Waals surface area contributed by atoms with Crippen LogP contribution in [0.4, 0.5) is 0 Å². The molecular weight excluding hydrogens is 144 g/mol. The van der Waals surface area contributed by atoms with E-state index < -0.39 is 0 Å². The maximum Gasteiger partial charge on any atom is 0.230 e. The zero-order valence-electron chi connectivity index (χ0n) is 6.52. The summed E-state index contributed by atoms with van der Waals surface area (Å²) in [4.78, 5) is 21.5. The molecule has 1 saturated heterocycles. The minimum atomic E-state index is -0.276. The normalized spacial score (nSPS) is 23.2. The Morgan fingerprint density at radius 3 is 2.73 bits per heavy atom. The van der Waals surface area contributed by atoms with Crippen LogP contribution in [0.25, 0.3) is 0 Å². The number of carbonyl (C=O) groups is 2. The van der Waals surface area contributed by atoms with E-state index >= 15 is 0 Å². The lowest BCUT2D eigenvalue weighted by Crippen LogP contribution is -2.34. The Labute approximate surface area is 65.3 Å². The van der Waals surface area contributed by atoms with Gasteiger partial charge >= 0.3 is 0 Å². The standard InChI is InChI=1S/C7H12N2O2/c1-5(10)9-7(11)6-2-3-8-4-6/h6,8H,2-4H2,1H3,(H,9,10,11). The monoisotopic (exact) mass is 156 g/mol. The van der Waals surface area contributed by atoms with Crippen molar-refractivity contribution in [1.82, 2.24) is 10.6 Å². The zero-order valence-corrected chi connectivity index (χ0v) is 6.52. The van der Waals surface area contributed by atoms with Gasteiger partial charge in [0.1, 0.15) is 0 Å². The molecule has 1 aliphatic rings. The zero-order chi connectivity index (χ0) is 8.27. The highest BCUT2D eigenvalue weighted by molar-refractivity contribution is 5.95. The summed E-state index contributed by atoms with van der Waals surface area (Å²) >= 11 is 0. The SMILES string of the molecule is CC(=O)NC(=O)C1CCNC1. The molecule has 2 N–H and O–H groups in total. The minimum absolute atomic E-state index is 0.0149. The van der Waals surface area contributed by atoms with Crippen molar-refractivity contribution in [1.29, 1.82) is 0 Å². The molecule has 1 fully saturated rings. The highest BCUT2D eigenvalue weighted by Gasteiger charge is 2.22. The second-order valence-electron chi connectivity index (χ2n) is 2.74. The van der Waals surface area contributed by atoms with Gasteiger partial charge in [0.2, 0.25) is 11.8 Å². The largest absolute Gasteiger partial charge is 0.316 e. The Balaban J connectivity index is 2.34. The van der Waals surface area contributed by atoms with Gasteiger partial charge in [0.05, 0.1) is 5.92 Å². The lowest BCUT2D eigenvalue weighted by molar-refractivity contribution is -0.131. The predicted octanol–water partition coefficient (Wildman–Crippen LogP) is -0.741. The maximum absolute atomic E-state index is 11.1. The van der Waals surface area contributed by atoms with E-state index in [1.54, 1.807) is 0 Å². The molecule has 0 aromatic heterocycles. The third-order valence-corrected chi connectivity index (χ3v) is 1.73. The smallest absolute Gasteiger partial charge is 0.230 e. The first kappa shape index (κ1) is 8.20. The summed E-state index contributed by atoms with van der Waals surface area (Å²) in [6.45, 7) is 2.91. The van der Waals surface area contributed by atoms with Gasteiger partial charge in [0, 0.05) is 13.5 Å². The van der Waals surface area contributed by atoms with Crippen molar-refractivity contribution < 1.29 is 9.59 Å². The molecule has 4 heteroatoms. The van der Waals surface area contributed by atoms with Crippen LogP contribution < -0.4 is 10.6 Å². The minimum Gasteiger partial charge on any atom is -0.316 e. The Morgan fingerprint density at radius 1 is 1.55 bits per heavy atom. The Morgan fingerprint density at radius 2 is 2.27 bits per heavy atom. The second kappa shape index (κ2) is 3.48. The fourth-order valence-electron chi connectivity index (χ4n) is 1.15. The molecule has 1 heterocycles. The van der Waals surface area contributed by atoms with E-state index in [-0.39, 0.29) is 17.7 Å². The summed E-state index contributed by atoms with van der Waals surface area (Å²) in [6, 6.07) is 0. The molecule has 1 aliphatic heterocycles. The first-order valence-electron chi connectivity index (χ1n) is 3.72. The first-order chi connectivity index (χ1) is 5.20. The lowest BCUT2D eigenvalue weighted by atomic mass is 10.1. The van der Waals surface area contributed by atoms with Crippen molar-refractivity contribution in [3.63, 3.8) is 0 Å². The molecule has 0 aromatic carbocycles. The lowest BCUT2D eigenvalue weighted by Gasteiger charge is -2.05. The summed E-state index contributed by atoms with van der Waals surface area (Å²) < 4.78 is 0. The number of rotatable bonds is 1. The average molecular weight is 156 g/mol.